The second-order valence-electron chi connectivity index (χ2n) is 5.54. The molecule has 108 valence electrons. The molecule has 0 unspecified atom stereocenters. The summed E-state index contributed by atoms with van der Waals surface area (Å²) in [6.45, 7) is 4.86. The minimum atomic E-state index is -3.40. The number of hydrogen-bond acceptors (Lipinski definition) is 4. The Morgan fingerprint density at radius 2 is 2.11 bits per heavy atom. The summed E-state index contributed by atoms with van der Waals surface area (Å²) < 4.78 is 27.4. The van der Waals surface area contributed by atoms with Crippen LogP contribution in [0.15, 0.2) is 16.3 Å². The molecule has 1 saturated carbocycles. The first-order chi connectivity index (χ1) is 8.89. The molecule has 1 aliphatic rings. The van der Waals surface area contributed by atoms with Gasteiger partial charge in [0.25, 0.3) is 0 Å². The first-order valence-electron chi connectivity index (χ1n) is 6.59. The van der Waals surface area contributed by atoms with E-state index in [-0.39, 0.29) is 12.0 Å². The van der Waals surface area contributed by atoms with E-state index in [4.69, 9.17) is 5.11 Å². The van der Waals surface area contributed by atoms with Gasteiger partial charge >= 0.3 is 0 Å². The van der Waals surface area contributed by atoms with Crippen LogP contribution in [0.5, 0.6) is 0 Å². The number of aliphatic hydroxyl groups is 1. The Labute approximate surface area is 118 Å². The van der Waals surface area contributed by atoms with Crippen LogP contribution in [-0.4, -0.2) is 26.7 Å². The fourth-order valence-corrected chi connectivity index (χ4v) is 4.70. The van der Waals surface area contributed by atoms with Gasteiger partial charge in [-0.1, -0.05) is 13.8 Å². The van der Waals surface area contributed by atoms with Gasteiger partial charge in [-0.15, -0.1) is 11.3 Å². The van der Waals surface area contributed by atoms with Crippen LogP contribution in [0.1, 0.15) is 31.6 Å². The lowest BCUT2D eigenvalue weighted by Gasteiger charge is -2.19. The van der Waals surface area contributed by atoms with Crippen LogP contribution >= 0.6 is 11.3 Å². The number of sulfonamides is 1. The highest BCUT2D eigenvalue weighted by molar-refractivity contribution is 7.91. The first kappa shape index (κ1) is 15.0. The second-order valence-corrected chi connectivity index (χ2v) is 8.70. The molecular weight excluding hydrogens is 282 g/mol. The van der Waals surface area contributed by atoms with E-state index >= 15 is 0 Å². The van der Waals surface area contributed by atoms with Crippen molar-refractivity contribution in [2.45, 2.75) is 37.3 Å². The van der Waals surface area contributed by atoms with Crippen molar-refractivity contribution in [3.8, 4) is 0 Å². The lowest BCUT2D eigenvalue weighted by Crippen LogP contribution is -2.32. The predicted octanol–water partition coefficient (Wildman–Crippen LogP) is 2.00. The fraction of sp³-hybridized carbons (Fsp3) is 0.692. The standard InChI is InChI=1S/C13H21NO3S2/c1-10(2)13(6-7-13)9-14-19(16,17)12-4-3-11(18-12)5-8-15/h3-4,10,14-15H,5-9H2,1-2H3. The van der Waals surface area contributed by atoms with E-state index in [0.717, 1.165) is 17.7 Å². The van der Waals surface area contributed by atoms with Gasteiger partial charge in [0.05, 0.1) is 0 Å². The molecule has 0 radical (unpaired) electrons. The van der Waals surface area contributed by atoms with E-state index in [1.807, 2.05) is 0 Å². The Balaban J connectivity index is 2.01. The van der Waals surface area contributed by atoms with Gasteiger partial charge in [-0.2, -0.15) is 0 Å². The Hall–Kier alpha value is -0.430. The van der Waals surface area contributed by atoms with Crippen molar-refractivity contribution >= 4 is 21.4 Å². The molecule has 0 aromatic carbocycles. The smallest absolute Gasteiger partial charge is 0.250 e. The Kier molecular flexibility index (Phi) is 4.35. The fourth-order valence-electron chi connectivity index (χ4n) is 2.18. The Morgan fingerprint density at radius 1 is 1.42 bits per heavy atom. The average molecular weight is 303 g/mol. The second kappa shape index (κ2) is 5.52. The van der Waals surface area contributed by atoms with Crippen molar-refractivity contribution in [3.63, 3.8) is 0 Å². The van der Waals surface area contributed by atoms with Crippen molar-refractivity contribution in [3.05, 3.63) is 17.0 Å². The van der Waals surface area contributed by atoms with Crippen LogP contribution in [0, 0.1) is 11.3 Å². The molecule has 2 rings (SSSR count). The number of hydrogen-bond donors (Lipinski definition) is 2. The topological polar surface area (TPSA) is 66.4 Å². The van der Waals surface area contributed by atoms with Crippen molar-refractivity contribution in [1.82, 2.24) is 4.72 Å². The SMILES string of the molecule is CC(C)C1(CNS(=O)(=O)c2ccc(CCO)s2)CC1. The molecule has 0 spiro atoms. The Bertz CT molecular complexity index is 530. The lowest BCUT2D eigenvalue weighted by molar-refractivity contribution is 0.300. The van der Waals surface area contributed by atoms with Crippen molar-refractivity contribution < 1.29 is 13.5 Å². The summed E-state index contributed by atoms with van der Waals surface area (Å²) in [6, 6.07) is 3.39. The molecule has 2 N–H and O–H groups in total. The maximum Gasteiger partial charge on any atom is 0.250 e. The monoisotopic (exact) mass is 303 g/mol. The molecule has 0 saturated heterocycles. The third-order valence-corrected chi connectivity index (χ3v) is 7.03. The van der Waals surface area contributed by atoms with Gasteiger partial charge in [0.2, 0.25) is 10.0 Å². The first-order valence-corrected chi connectivity index (χ1v) is 8.89. The summed E-state index contributed by atoms with van der Waals surface area (Å²) in [4.78, 5) is 0.896. The van der Waals surface area contributed by atoms with Gasteiger partial charge in [-0.3, -0.25) is 0 Å². The minimum Gasteiger partial charge on any atom is -0.396 e. The average Bonchev–Trinajstić information content (AvgIpc) is 3.00. The zero-order valence-electron chi connectivity index (χ0n) is 11.3. The third kappa shape index (κ3) is 3.37. The predicted molar refractivity (Wildman–Crippen MR) is 76.8 cm³/mol. The van der Waals surface area contributed by atoms with E-state index in [1.54, 1.807) is 12.1 Å². The van der Waals surface area contributed by atoms with Crippen LogP contribution in [0.4, 0.5) is 0 Å². The van der Waals surface area contributed by atoms with Crippen LogP contribution < -0.4 is 4.72 Å². The largest absolute Gasteiger partial charge is 0.396 e. The summed E-state index contributed by atoms with van der Waals surface area (Å²) >= 11 is 1.23. The van der Waals surface area contributed by atoms with Crippen LogP contribution in [0.2, 0.25) is 0 Å². The molecule has 19 heavy (non-hydrogen) atoms. The van der Waals surface area contributed by atoms with E-state index in [0.29, 0.717) is 23.1 Å². The third-order valence-electron chi connectivity index (χ3n) is 3.99. The van der Waals surface area contributed by atoms with Gasteiger partial charge in [0.15, 0.2) is 0 Å². The van der Waals surface area contributed by atoms with E-state index in [1.165, 1.54) is 11.3 Å². The number of nitrogens with one attached hydrogen (secondary N) is 1. The van der Waals surface area contributed by atoms with Gasteiger partial charge in [0.1, 0.15) is 4.21 Å². The molecule has 0 atom stereocenters. The van der Waals surface area contributed by atoms with E-state index < -0.39 is 10.0 Å². The van der Waals surface area contributed by atoms with E-state index in [2.05, 4.69) is 18.6 Å². The zero-order valence-corrected chi connectivity index (χ0v) is 13.0. The van der Waals surface area contributed by atoms with Gasteiger partial charge in [-0.05, 0) is 36.3 Å². The molecule has 6 heteroatoms. The summed E-state index contributed by atoms with van der Waals surface area (Å²) in [7, 11) is -3.40. The lowest BCUT2D eigenvalue weighted by atomic mass is 9.93. The van der Waals surface area contributed by atoms with Crippen molar-refractivity contribution in [2.24, 2.45) is 11.3 Å². The highest BCUT2D eigenvalue weighted by Gasteiger charge is 2.45. The molecule has 1 aromatic heterocycles. The molecule has 0 amide bonds. The summed E-state index contributed by atoms with van der Waals surface area (Å²) in [5.74, 6) is 0.503. The Morgan fingerprint density at radius 3 is 2.63 bits per heavy atom. The maximum atomic E-state index is 12.2. The van der Waals surface area contributed by atoms with Crippen LogP contribution in [-0.2, 0) is 16.4 Å². The molecule has 0 bridgehead atoms. The zero-order chi connectivity index (χ0) is 14.1. The van der Waals surface area contributed by atoms with Crippen LogP contribution in [0.25, 0.3) is 0 Å². The molecular formula is C13H21NO3S2. The maximum absolute atomic E-state index is 12.2. The molecule has 1 heterocycles. The number of rotatable bonds is 7. The summed E-state index contributed by atoms with van der Waals surface area (Å²) in [6.07, 6.45) is 2.72. The van der Waals surface area contributed by atoms with Gasteiger partial charge in [-0.25, -0.2) is 13.1 Å². The highest BCUT2D eigenvalue weighted by Crippen LogP contribution is 2.51. The minimum absolute atomic E-state index is 0.0455. The summed E-state index contributed by atoms with van der Waals surface area (Å²) in [5, 5.41) is 8.85. The van der Waals surface area contributed by atoms with Crippen molar-refractivity contribution in [2.75, 3.05) is 13.2 Å². The van der Waals surface area contributed by atoms with Crippen molar-refractivity contribution in [1.29, 1.82) is 0 Å². The molecule has 1 aliphatic carbocycles. The van der Waals surface area contributed by atoms with E-state index in [9.17, 15) is 8.42 Å². The molecule has 1 fully saturated rings. The van der Waals surface area contributed by atoms with Gasteiger partial charge < -0.3 is 5.11 Å². The summed E-state index contributed by atoms with van der Waals surface area (Å²) in [5.41, 5.74) is 0.165. The van der Waals surface area contributed by atoms with Gasteiger partial charge in [0, 0.05) is 24.4 Å². The molecule has 4 nitrogen and oxygen atoms in total. The number of aliphatic hydroxyl groups excluding tert-OH is 1. The highest BCUT2D eigenvalue weighted by atomic mass is 32.2. The normalized spacial score (nSPS) is 17.9. The number of thiophene rings is 1. The molecule has 1 aromatic rings. The quantitative estimate of drug-likeness (QED) is 0.809. The van der Waals surface area contributed by atoms with Crippen LogP contribution in [0.3, 0.4) is 0 Å². The molecule has 0 aliphatic heterocycles.